The van der Waals surface area contributed by atoms with Gasteiger partial charge in [-0.2, -0.15) is 0 Å². The van der Waals surface area contributed by atoms with Crippen LogP contribution in [-0.4, -0.2) is 60.4 Å². The van der Waals surface area contributed by atoms with Crippen molar-refractivity contribution in [2.75, 3.05) is 6.54 Å². The molecule has 32 heavy (non-hydrogen) atoms. The number of ketones is 1. The van der Waals surface area contributed by atoms with Crippen molar-refractivity contribution in [1.29, 1.82) is 0 Å². The van der Waals surface area contributed by atoms with Crippen molar-refractivity contribution in [2.24, 2.45) is 11.8 Å². The van der Waals surface area contributed by atoms with Crippen LogP contribution in [-0.2, 0) is 23.9 Å². The van der Waals surface area contributed by atoms with E-state index in [4.69, 9.17) is 4.74 Å². The maximum atomic E-state index is 13.0. The van der Waals surface area contributed by atoms with E-state index in [2.05, 4.69) is 21.3 Å². The van der Waals surface area contributed by atoms with Crippen LogP contribution >= 0.6 is 0 Å². The van der Waals surface area contributed by atoms with E-state index in [0.29, 0.717) is 25.8 Å². The van der Waals surface area contributed by atoms with Gasteiger partial charge in [0.05, 0.1) is 6.04 Å². The highest BCUT2D eigenvalue weighted by atomic mass is 16.6. The van der Waals surface area contributed by atoms with E-state index in [1.807, 2.05) is 20.8 Å². The molecular formula is C22H36N4O6. The minimum Gasteiger partial charge on any atom is -0.447 e. The first-order valence-corrected chi connectivity index (χ1v) is 11.5. The molecule has 2 aliphatic rings. The zero-order valence-electron chi connectivity index (χ0n) is 19.4. The largest absolute Gasteiger partial charge is 0.447 e. The van der Waals surface area contributed by atoms with Crippen molar-refractivity contribution in [2.45, 2.75) is 90.4 Å². The van der Waals surface area contributed by atoms with E-state index >= 15 is 0 Å². The van der Waals surface area contributed by atoms with Crippen molar-refractivity contribution >= 4 is 29.6 Å². The first kappa shape index (κ1) is 25.6. The SMILES string of the molecule is CCC(C)OC(=O)N[C@@H](CC(C)C)C(=O)N[C@@H](C[C@@H]1CCNC1=O)C(=O)C(=O)NC1CC1. The van der Waals surface area contributed by atoms with Gasteiger partial charge < -0.3 is 26.0 Å². The molecule has 10 nitrogen and oxygen atoms in total. The molecule has 1 unspecified atom stereocenters. The first-order valence-electron chi connectivity index (χ1n) is 11.5. The van der Waals surface area contributed by atoms with Crippen LogP contribution in [0.15, 0.2) is 0 Å². The van der Waals surface area contributed by atoms with Gasteiger partial charge in [-0.25, -0.2) is 4.79 Å². The van der Waals surface area contributed by atoms with Gasteiger partial charge in [0.15, 0.2) is 0 Å². The number of carbonyl (C=O) groups excluding carboxylic acids is 5. The molecule has 0 radical (unpaired) electrons. The van der Waals surface area contributed by atoms with Gasteiger partial charge in [0.1, 0.15) is 12.1 Å². The predicted molar refractivity (Wildman–Crippen MR) is 116 cm³/mol. The lowest BCUT2D eigenvalue weighted by Crippen LogP contribution is -2.55. The van der Waals surface area contributed by atoms with Crippen LogP contribution in [0.4, 0.5) is 4.79 Å². The van der Waals surface area contributed by atoms with Crippen LogP contribution in [0.2, 0.25) is 0 Å². The fourth-order valence-electron chi connectivity index (χ4n) is 3.45. The second-order valence-corrected chi connectivity index (χ2v) is 9.14. The molecule has 180 valence electrons. The van der Waals surface area contributed by atoms with Crippen molar-refractivity contribution in [3.8, 4) is 0 Å². The summed E-state index contributed by atoms with van der Waals surface area (Å²) in [4.78, 5) is 62.4. The number of alkyl carbamates (subject to hydrolysis) is 1. The Morgan fingerprint density at radius 1 is 1.06 bits per heavy atom. The summed E-state index contributed by atoms with van der Waals surface area (Å²) in [5.41, 5.74) is 0. The number of carbonyl (C=O) groups is 5. The molecule has 1 heterocycles. The quantitative estimate of drug-likeness (QED) is 0.322. The third-order valence-corrected chi connectivity index (χ3v) is 5.65. The monoisotopic (exact) mass is 452 g/mol. The Kier molecular flexibility index (Phi) is 9.46. The summed E-state index contributed by atoms with van der Waals surface area (Å²) >= 11 is 0. The summed E-state index contributed by atoms with van der Waals surface area (Å²) in [5.74, 6) is -2.73. The number of hydrogen-bond donors (Lipinski definition) is 4. The molecule has 4 amide bonds. The normalized spacial score (nSPS) is 20.7. The van der Waals surface area contributed by atoms with Crippen molar-refractivity contribution in [3.63, 3.8) is 0 Å². The highest BCUT2D eigenvalue weighted by Crippen LogP contribution is 2.20. The summed E-state index contributed by atoms with van der Waals surface area (Å²) in [5, 5.41) is 10.5. The van der Waals surface area contributed by atoms with Crippen molar-refractivity contribution in [3.05, 3.63) is 0 Å². The van der Waals surface area contributed by atoms with E-state index < -0.39 is 41.7 Å². The molecule has 10 heteroatoms. The lowest BCUT2D eigenvalue weighted by Gasteiger charge is -2.25. The van der Waals surface area contributed by atoms with Crippen molar-refractivity contribution in [1.82, 2.24) is 21.3 Å². The summed E-state index contributed by atoms with van der Waals surface area (Å²) in [6.45, 7) is 7.91. The molecule has 0 aromatic rings. The molecule has 0 bridgehead atoms. The summed E-state index contributed by atoms with van der Waals surface area (Å²) < 4.78 is 5.21. The third kappa shape index (κ3) is 8.12. The average Bonchev–Trinajstić information content (AvgIpc) is 3.45. The minimum atomic E-state index is -1.16. The second kappa shape index (κ2) is 11.8. The molecule has 2 fully saturated rings. The van der Waals surface area contributed by atoms with E-state index in [1.54, 1.807) is 6.92 Å². The van der Waals surface area contributed by atoms with Crippen LogP contribution in [0.25, 0.3) is 0 Å². The summed E-state index contributed by atoms with van der Waals surface area (Å²) in [6.07, 6.45) is 2.12. The van der Waals surface area contributed by atoms with Gasteiger partial charge in [-0.15, -0.1) is 0 Å². The molecule has 1 aliphatic carbocycles. The highest BCUT2D eigenvalue weighted by Gasteiger charge is 2.37. The van der Waals surface area contributed by atoms with Crippen LogP contribution in [0.5, 0.6) is 0 Å². The Morgan fingerprint density at radius 2 is 1.75 bits per heavy atom. The molecule has 2 rings (SSSR count). The van der Waals surface area contributed by atoms with E-state index in [-0.39, 0.29) is 30.4 Å². The van der Waals surface area contributed by atoms with Gasteiger partial charge in [0.2, 0.25) is 17.6 Å². The fraction of sp³-hybridized carbons (Fsp3) is 0.773. The van der Waals surface area contributed by atoms with E-state index in [1.165, 1.54) is 0 Å². The Labute approximate surface area is 189 Å². The van der Waals surface area contributed by atoms with Gasteiger partial charge in [-0.1, -0.05) is 20.8 Å². The lowest BCUT2D eigenvalue weighted by molar-refractivity contribution is -0.141. The van der Waals surface area contributed by atoms with Crippen LogP contribution in [0, 0.1) is 11.8 Å². The number of hydrogen-bond acceptors (Lipinski definition) is 6. The highest BCUT2D eigenvalue weighted by molar-refractivity contribution is 6.38. The van der Waals surface area contributed by atoms with E-state index in [0.717, 1.165) is 12.8 Å². The number of amides is 4. The molecule has 1 saturated heterocycles. The predicted octanol–water partition coefficient (Wildman–Crippen LogP) is 0.785. The molecule has 0 aromatic carbocycles. The van der Waals surface area contributed by atoms with Crippen molar-refractivity contribution < 1.29 is 28.7 Å². The fourth-order valence-corrected chi connectivity index (χ4v) is 3.45. The number of nitrogens with one attached hydrogen (secondary N) is 4. The minimum absolute atomic E-state index is 0.0109. The maximum absolute atomic E-state index is 13.0. The number of Topliss-reactive ketones (excluding diaryl/α,β-unsaturated/α-hetero) is 1. The first-order chi connectivity index (χ1) is 15.1. The molecule has 4 N–H and O–H groups in total. The Balaban J connectivity index is 2.10. The van der Waals surface area contributed by atoms with Gasteiger partial charge in [0.25, 0.3) is 5.91 Å². The van der Waals surface area contributed by atoms with Crippen LogP contribution < -0.4 is 21.3 Å². The second-order valence-electron chi connectivity index (χ2n) is 9.14. The molecule has 0 aromatic heterocycles. The average molecular weight is 453 g/mol. The topological polar surface area (TPSA) is 143 Å². The molecule has 1 aliphatic heterocycles. The molecule has 0 spiro atoms. The van der Waals surface area contributed by atoms with Gasteiger partial charge in [-0.3, -0.25) is 19.2 Å². The van der Waals surface area contributed by atoms with Crippen LogP contribution in [0.1, 0.15) is 66.2 Å². The zero-order valence-corrected chi connectivity index (χ0v) is 19.4. The lowest BCUT2D eigenvalue weighted by atomic mass is 9.94. The standard InChI is InChI=1S/C22H36N4O6/c1-5-13(4)32-22(31)26-17(10-12(2)3)20(29)25-16(11-14-8-9-23-19(14)28)18(27)21(30)24-15-6-7-15/h12-17H,5-11H2,1-4H3,(H,23,28)(H,24,30)(H,25,29)(H,26,31)/t13?,14-,16-,17-/m0/s1. The smallest absolute Gasteiger partial charge is 0.408 e. The maximum Gasteiger partial charge on any atom is 0.408 e. The van der Waals surface area contributed by atoms with Crippen LogP contribution in [0.3, 0.4) is 0 Å². The summed E-state index contributed by atoms with van der Waals surface area (Å²) in [6, 6.07) is -2.11. The Bertz CT molecular complexity index is 721. The Hall–Kier alpha value is -2.65. The Morgan fingerprint density at radius 3 is 2.28 bits per heavy atom. The molecule has 4 atom stereocenters. The number of rotatable bonds is 12. The zero-order chi connectivity index (χ0) is 23.8. The van der Waals surface area contributed by atoms with Gasteiger partial charge >= 0.3 is 6.09 Å². The summed E-state index contributed by atoms with van der Waals surface area (Å²) in [7, 11) is 0. The third-order valence-electron chi connectivity index (χ3n) is 5.65. The van der Waals surface area contributed by atoms with E-state index in [9.17, 15) is 24.0 Å². The van der Waals surface area contributed by atoms with Gasteiger partial charge in [0, 0.05) is 18.5 Å². The molecule has 1 saturated carbocycles. The number of ether oxygens (including phenoxy) is 1. The molecular weight excluding hydrogens is 416 g/mol. The van der Waals surface area contributed by atoms with Gasteiger partial charge in [-0.05, 0) is 51.4 Å².